The largest absolute Gasteiger partial charge is 0.330 e. The van der Waals surface area contributed by atoms with E-state index in [1.165, 1.54) is 32.1 Å². The van der Waals surface area contributed by atoms with Crippen LogP contribution in [0.2, 0.25) is 0 Å². The highest BCUT2D eigenvalue weighted by molar-refractivity contribution is 5.05. The van der Waals surface area contributed by atoms with Crippen molar-refractivity contribution in [1.29, 1.82) is 0 Å². The molecule has 1 heteroatoms. The van der Waals surface area contributed by atoms with Crippen LogP contribution in [0.1, 0.15) is 39.0 Å². The van der Waals surface area contributed by atoms with Gasteiger partial charge in [-0.2, -0.15) is 0 Å². The molecule has 74 valence electrons. The van der Waals surface area contributed by atoms with E-state index in [2.05, 4.69) is 6.92 Å². The first kappa shape index (κ1) is 8.28. The Hall–Kier alpha value is -0.0400. The van der Waals surface area contributed by atoms with Gasteiger partial charge in [-0.05, 0) is 67.7 Å². The first-order valence-electron chi connectivity index (χ1n) is 5.93. The van der Waals surface area contributed by atoms with Crippen molar-refractivity contribution in [3.8, 4) is 0 Å². The van der Waals surface area contributed by atoms with E-state index in [4.69, 9.17) is 5.73 Å². The molecule has 0 aromatic carbocycles. The normalized spacial score (nSPS) is 58.6. The van der Waals surface area contributed by atoms with Gasteiger partial charge in [0.05, 0.1) is 0 Å². The molecule has 0 amide bonds. The van der Waals surface area contributed by atoms with Crippen molar-refractivity contribution in [2.24, 2.45) is 34.8 Å². The van der Waals surface area contributed by atoms with Crippen LogP contribution < -0.4 is 5.73 Å². The summed E-state index contributed by atoms with van der Waals surface area (Å²) in [5, 5.41) is 0. The summed E-state index contributed by atoms with van der Waals surface area (Å²) in [4.78, 5) is 0. The molecular formula is C12H21N. The van der Waals surface area contributed by atoms with Crippen molar-refractivity contribution in [3.63, 3.8) is 0 Å². The van der Waals surface area contributed by atoms with Gasteiger partial charge in [-0.15, -0.1) is 0 Å². The number of nitrogens with two attached hydrogens (primary N) is 1. The van der Waals surface area contributed by atoms with Crippen molar-refractivity contribution >= 4 is 0 Å². The van der Waals surface area contributed by atoms with E-state index in [-0.39, 0.29) is 0 Å². The van der Waals surface area contributed by atoms with Gasteiger partial charge in [-0.1, -0.05) is 6.92 Å². The Balaban J connectivity index is 1.95. The van der Waals surface area contributed by atoms with Gasteiger partial charge in [0.2, 0.25) is 0 Å². The van der Waals surface area contributed by atoms with E-state index in [1.54, 1.807) is 0 Å². The maximum absolute atomic E-state index is 6.02. The molecule has 0 saturated heterocycles. The van der Waals surface area contributed by atoms with Crippen LogP contribution >= 0.6 is 0 Å². The van der Waals surface area contributed by atoms with Crippen LogP contribution in [0.4, 0.5) is 0 Å². The molecule has 13 heavy (non-hydrogen) atoms. The molecule has 4 rings (SSSR count). The maximum Gasteiger partial charge on any atom is -0.00177 e. The molecule has 0 heterocycles. The Morgan fingerprint density at radius 3 is 2.31 bits per heavy atom. The topological polar surface area (TPSA) is 26.0 Å². The molecule has 0 aromatic rings. The molecule has 2 unspecified atom stereocenters. The lowest BCUT2D eigenvalue weighted by Crippen LogP contribution is -2.54. The number of hydrogen-bond acceptors (Lipinski definition) is 1. The van der Waals surface area contributed by atoms with Crippen LogP contribution in [-0.4, -0.2) is 6.54 Å². The first-order chi connectivity index (χ1) is 6.23. The number of rotatable bonds is 1. The average molecular weight is 179 g/mol. The summed E-state index contributed by atoms with van der Waals surface area (Å²) in [5.74, 6) is 4.06. The molecule has 4 saturated carbocycles. The summed E-state index contributed by atoms with van der Waals surface area (Å²) in [6, 6.07) is 0. The predicted molar refractivity (Wildman–Crippen MR) is 54.2 cm³/mol. The Morgan fingerprint density at radius 1 is 1.15 bits per heavy atom. The molecule has 4 aliphatic carbocycles. The minimum Gasteiger partial charge on any atom is -0.330 e. The van der Waals surface area contributed by atoms with Crippen LogP contribution in [0.5, 0.6) is 0 Å². The van der Waals surface area contributed by atoms with E-state index < -0.39 is 0 Å². The van der Waals surface area contributed by atoms with Crippen molar-refractivity contribution in [2.75, 3.05) is 6.54 Å². The summed E-state index contributed by atoms with van der Waals surface area (Å²) in [6.07, 6.45) is 7.50. The lowest BCUT2D eigenvalue weighted by molar-refractivity contribution is -0.0959. The Labute approximate surface area is 81.1 Å². The highest BCUT2D eigenvalue weighted by Crippen LogP contribution is 2.62. The first-order valence-corrected chi connectivity index (χ1v) is 5.93. The van der Waals surface area contributed by atoms with Crippen LogP contribution in [-0.2, 0) is 0 Å². The zero-order chi connectivity index (χ0) is 9.05. The second-order valence-electron chi connectivity index (χ2n) is 5.96. The average Bonchev–Trinajstić information content (AvgIpc) is 2.12. The van der Waals surface area contributed by atoms with Crippen molar-refractivity contribution in [2.45, 2.75) is 39.0 Å². The zero-order valence-electron chi connectivity index (χ0n) is 8.63. The van der Waals surface area contributed by atoms with Crippen molar-refractivity contribution < 1.29 is 0 Å². The van der Waals surface area contributed by atoms with Gasteiger partial charge in [0.15, 0.2) is 0 Å². The van der Waals surface area contributed by atoms with E-state index in [9.17, 15) is 0 Å². The molecule has 3 atom stereocenters. The van der Waals surface area contributed by atoms with Gasteiger partial charge in [-0.3, -0.25) is 0 Å². The van der Waals surface area contributed by atoms with Crippen LogP contribution in [0.3, 0.4) is 0 Å². The highest BCUT2D eigenvalue weighted by Gasteiger charge is 2.54. The predicted octanol–water partition coefficient (Wildman–Crippen LogP) is 2.41. The van der Waals surface area contributed by atoms with Gasteiger partial charge >= 0.3 is 0 Å². The minimum absolute atomic E-state index is 0.578. The molecule has 1 nitrogen and oxygen atoms in total. The third kappa shape index (κ3) is 0.971. The summed E-state index contributed by atoms with van der Waals surface area (Å²) in [6.45, 7) is 3.42. The molecule has 4 bridgehead atoms. The van der Waals surface area contributed by atoms with Gasteiger partial charge in [0.1, 0.15) is 0 Å². The fourth-order valence-electron chi connectivity index (χ4n) is 4.82. The van der Waals surface area contributed by atoms with Gasteiger partial charge in [0, 0.05) is 0 Å². The summed E-state index contributed by atoms with van der Waals surface area (Å²) in [7, 11) is 0. The minimum atomic E-state index is 0.578. The third-order valence-corrected chi connectivity index (χ3v) is 5.41. The van der Waals surface area contributed by atoms with E-state index in [0.717, 1.165) is 30.2 Å². The zero-order valence-corrected chi connectivity index (χ0v) is 8.63. The molecular weight excluding hydrogens is 158 g/mol. The van der Waals surface area contributed by atoms with Gasteiger partial charge in [-0.25, -0.2) is 0 Å². The van der Waals surface area contributed by atoms with Crippen LogP contribution in [0.15, 0.2) is 0 Å². The van der Waals surface area contributed by atoms with Gasteiger partial charge in [0.25, 0.3) is 0 Å². The van der Waals surface area contributed by atoms with E-state index >= 15 is 0 Å². The Bertz CT molecular complexity index is 209. The summed E-state index contributed by atoms with van der Waals surface area (Å²) >= 11 is 0. The highest BCUT2D eigenvalue weighted by atomic mass is 14.7. The molecule has 0 spiro atoms. The molecule has 4 aliphatic rings. The Kier molecular flexibility index (Phi) is 1.59. The van der Waals surface area contributed by atoms with Crippen LogP contribution in [0.25, 0.3) is 0 Å². The third-order valence-electron chi connectivity index (χ3n) is 5.41. The van der Waals surface area contributed by atoms with Crippen molar-refractivity contribution in [3.05, 3.63) is 0 Å². The molecule has 0 aliphatic heterocycles. The standard InChI is InChI=1S/C12H21N/c1-8-11-3-9-2-10(4-11)6-12(8,5-9)7-13/h8-11H,2-7,13H2,1H3/t8-,9?,10?,11?,12?/m0/s1. The lowest BCUT2D eigenvalue weighted by atomic mass is 9.45. The molecule has 0 aromatic heterocycles. The number of hydrogen-bond donors (Lipinski definition) is 1. The van der Waals surface area contributed by atoms with E-state index in [0.29, 0.717) is 5.41 Å². The van der Waals surface area contributed by atoms with Gasteiger partial charge < -0.3 is 5.73 Å². The smallest absolute Gasteiger partial charge is 0.00177 e. The van der Waals surface area contributed by atoms with Crippen LogP contribution in [0, 0.1) is 29.1 Å². The molecule has 4 fully saturated rings. The quantitative estimate of drug-likeness (QED) is 0.657. The molecule has 0 radical (unpaired) electrons. The second kappa shape index (κ2) is 2.50. The lowest BCUT2D eigenvalue weighted by Gasteiger charge is -2.60. The SMILES string of the molecule is C[C@H]1C2CC3CC(C2)CC1(CN)C3. The van der Waals surface area contributed by atoms with E-state index in [1.807, 2.05) is 0 Å². The maximum atomic E-state index is 6.02. The van der Waals surface area contributed by atoms with Crippen molar-refractivity contribution in [1.82, 2.24) is 0 Å². The fourth-order valence-corrected chi connectivity index (χ4v) is 4.82. The summed E-state index contributed by atoms with van der Waals surface area (Å²) in [5.41, 5.74) is 6.60. The molecule has 2 N–H and O–H groups in total. The second-order valence-corrected chi connectivity index (χ2v) is 5.96. The fraction of sp³-hybridized carbons (Fsp3) is 1.00. The summed E-state index contributed by atoms with van der Waals surface area (Å²) < 4.78 is 0. The monoisotopic (exact) mass is 179 g/mol. The Morgan fingerprint density at radius 2 is 1.77 bits per heavy atom.